The summed E-state index contributed by atoms with van der Waals surface area (Å²) in [5, 5.41) is 0. The summed E-state index contributed by atoms with van der Waals surface area (Å²) in [6.45, 7) is 15.1. The number of halogens is 4. The molecule has 2 aromatic carbocycles. The number of benzene rings is 2. The summed E-state index contributed by atoms with van der Waals surface area (Å²) < 4.78 is 14.2. The minimum atomic E-state index is 0.119. The molecule has 2 aromatic rings. The summed E-state index contributed by atoms with van der Waals surface area (Å²) in [5.74, 6) is 1.93. The summed E-state index contributed by atoms with van der Waals surface area (Å²) in [6.07, 6.45) is 28.3. The molecule has 0 spiro atoms. The molecule has 0 aliphatic rings. The normalized spacial score (nSPS) is 11.8. The third-order valence-electron chi connectivity index (χ3n) is 9.33. The Hall–Kier alpha value is -0.560. The third kappa shape index (κ3) is 20.6. The van der Waals surface area contributed by atoms with Crippen molar-refractivity contribution in [3.63, 3.8) is 0 Å². The van der Waals surface area contributed by atoms with Gasteiger partial charge in [0.2, 0.25) is 0 Å². The lowest BCUT2D eigenvalue weighted by Crippen LogP contribution is -2.11. The van der Waals surface area contributed by atoms with E-state index >= 15 is 0 Å². The summed E-state index contributed by atoms with van der Waals surface area (Å²) in [4.78, 5) is 0. The predicted octanol–water partition coefficient (Wildman–Crippen LogP) is 16.9. The highest BCUT2D eigenvalue weighted by Crippen LogP contribution is 2.33. The van der Waals surface area contributed by atoms with Crippen LogP contribution in [-0.2, 0) is 10.8 Å². The first-order chi connectivity index (χ1) is 23.8. The second kappa shape index (κ2) is 25.5. The molecular weight excluding hydrogens is 880 g/mol. The maximum absolute atomic E-state index is 6.18. The smallest absolute Gasteiger partial charge is 0.126 e. The Morgan fingerprint density at radius 1 is 0.440 bits per heavy atom. The van der Waals surface area contributed by atoms with Crippen molar-refractivity contribution in [3.8, 4) is 11.5 Å². The number of rotatable bonds is 25. The van der Waals surface area contributed by atoms with Crippen LogP contribution in [0.3, 0.4) is 0 Å². The maximum Gasteiger partial charge on any atom is 0.126 e. The van der Waals surface area contributed by atoms with Crippen molar-refractivity contribution in [2.24, 2.45) is 0 Å². The van der Waals surface area contributed by atoms with Gasteiger partial charge < -0.3 is 9.47 Å². The molecule has 0 amide bonds. The van der Waals surface area contributed by atoms with Crippen LogP contribution in [0.2, 0.25) is 0 Å². The molecule has 6 heteroatoms. The van der Waals surface area contributed by atoms with E-state index in [1.165, 1.54) is 114 Å². The molecule has 2 nitrogen and oxygen atoms in total. The Kier molecular flexibility index (Phi) is 23.2. The third-order valence-corrected chi connectivity index (χ3v) is 10.3. The first kappa shape index (κ1) is 45.6. The van der Waals surface area contributed by atoms with E-state index in [9.17, 15) is 0 Å². The fraction of sp³-hybridized carbons (Fsp3) is 0.636. The van der Waals surface area contributed by atoms with E-state index in [-0.39, 0.29) is 10.8 Å². The first-order valence-electron chi connectivity index (χ1n) is 19.4. The van der Waals surface area contributed by atoms with Gasteiger partial charge in [0, 0.05) is 11.1 Å². The minimum absolute atomic E-state index is 0.119. The van der Waals surface area contributed by atoms with Crippen LogP contribution >= 0.6 is 63.7 Å². The van der Waals surface area contributed by atoms with Crippen molar-refractivity contribution < 1.29 is 9.47 Å². The highest BCUT2D eigenvalue weighted by Gasteiger charge is 2.17. The Balaban J connectivity index is 1.39. The van der Waals surface area contributed by atoms with Crippen LogP contribution in [0.1, 0.15) is 179 Å². The Labute approximate surface area is 340 Å². The van der Waals surface area contributed by atoms with Gasteiger partial charge >= 0.3 is 0 Å². The van der Waals surface area contributed by atoms with Gasteiger partial charge in [0.15, 0.2) is 0 Å². The van der Waals surface area contributed by atoms with Crippen molar-refractivity contribution in [1.82, 2.24) is 0 Å². The predicted molar refractivity (Wildman–Crippen MR) is 236 cm³/mol. The molecule has 0 fully saturated rings. The largest absolute Gasteiger partial charge is 0.493 e. The van der Waals surface area contributed by atoms with Crippen LogP contribution in [0.15, 0.2) is 43.2 Å². The van der Waals surface area contributed by atoms with Gasteiger partial charge in [-0.25, -0.2) is 0 Å². The Morgan fingerprint density at radius 3 is 0.940 bits per heavy atom. The fourth-order valence-electron chi connectivity index (χ4n) is 6.15. The van der Waals surface area contributed by atoms with E-state index in [0.717, 1.165) is 55.5 Å². The van der Waals surface area contributed by atoms with Crippen LogP contribution in [0.4, 0.5) is 0 Å². The summed E-state index contributed by atoms with van der Waals surface area (Å²) >= 11 is 14.0. The SMILES string of the molecule is CC(C)(C)c1ccc(OCCCCCCCCCCCCCCCCCCCCOc2ccc(C(C)(C)C)cc2C=C(Br)Br)c(C=C(Br)Br)c1. The minimum Gasteiger partial charge on any atom is -0.493 e. The molecule has 0 atom stereocenters. The zero-order chi connectivity index (χ0) is 36.8. The molecular formula is C44H66Br4O2. The van der Waals surface area contributed by atoms with Gasteiger partial charge in [-0.15, -0.1) is 0 Å². The summed E-state index contributed by atoms with van der Waals surface area (Å²) in [7, 11) is 0. The first-order valence-corrected chi connectivity index (χ1v) is 22.5. The Morgan fingerprint density at radius 2 is 0.700 bits per heavy atom. The lowest BCUT2D eigenvalue weighted by atomic mass is 9.86. The van der Waals surface area contributed by atoms with Gasteiger partial charge in [-0.05, 0) is 135 Å². The van der Waals surface area contributed by atoms with Crippen LogP contribution in [-0.4, -0.2) is 13.2 Å². The van der Waals surface area contributed by atoms with Crippen LogP contribution < -0.4 is 9.47 Å². The van der Waals surface area contributed by atoms with E-state index in [0.29, 0.717) is 0 Å². The second-order valence-electron chi connectivity index (χ2n) is 15.9. The highest BCUT2D eigenvalue weighted by molar-refractivity contribution is 9.28. The van der Waals surface area contributed by atoms with Gasteiger partial charge in [0.05, 0.1) is 20.0 Å². The molecule has 282 valence electrons. The van der Waals surface area contributed by atoms with Crippen LogP contribution in [0.5, 0.6) is 11.5 Å². The van der Waals surface area contributed by atoms with Crippen molar-refractivity contribution in [2.45, 2.75) is 168 Å². The molecule has 50 heavy (non-hydrogen) atoms. The molecule has 0 aliphatic heterocycles. The van der Waals surface area contributed by atoms with Gasteiger partial charge in [0.1, 0.15) is 11.5 Å². The quantitative estimate of drug-likeness (QED) is 0.0924. The summed E-state index contributed by atoms with van der Waals surface area (Å²) in [5.41, 5.74) is 5.12. The van der Waals surface area contributed by atoms with Gasteiger partial charge in [-0.3, -0.25) is 0 Å². The van der Waals surface area contributed by atoms with E-state index < -0.39 is 0 Å². The standard InChI is InChI=1S/C44H66Br4O2/c1-43(2,3)37-25-27-39(35(31-37)33-41(45)46)49-29-23-21-19-17-15-13-11-9-7-8-10-12-14-16-18-20-22-24-30-50-40-28-26-38(44(4,5)6)32-36(40)34-42(47)48/h25-28,31-34H,7-24,29-30H2,1-6H3. The van der Waals surface area contributed by atoms with Gasteiger partial charge in [-0.2, -0.15) is 0 Å². The fourth-order valence-corrected chi connectivity index (χ4v) is 7.14. The highest BCUT2D eigenvalue weighted by atomic mass is 79.9. The summed E-state index contributed by atoms with van der Waals surface area (Å²) in [6, 6.07) is 13.1. The Bertz CT molecular complexity index is 1180. The molecule has 0 saturated carbocycles. The van der Waals surface area contributed by atoms with Crippen LogP contribution in [0.25, 0.3) is 12.2 Å². The number of hydrogen-bond donors (Lipinski definition) is 0. The average Bonchev–Trinajstić information content (AvgIpc) is 3.03. The number of hydrogen-bond acceptors (Lipinski definition) is 2. The lowest BCUT2D eigenvalue weighted by Gasteiger charge is -2.21. The molecule has 0 heterocycles. The van der Waals surface area contributed by atoms with Crippen molar-refractivity contribution in [2.75, 3.05) is 13.2 Å². The molecule has 0 radical (unpaired) electrons. The van der Waals surface area contributed by atoms with Gasteiger partial charge in [-0.1, -0.05) is 156 Å². The van der Waals surface area contributed by atoms with Crippen molar-refractivity contribution in [1.29, 1.82) is 0 Å². The van der Waals surface area contributed by atoms with Crippen molar-refractivity contribution in [3.05, 3.63) is 65.4 Å². The average molecular weight is 947 g/mol. The van der Waals surface area contributed by atoms with E-state index in [1.54, 1.807) is 0 Å². The molecule has 2 rings (SSSR count). The topological polar surface area (TPSA) is 18.5 Å². The number of unbranched alkanes of at least 4 members (excludes halogenated alkanes) is 17. The van der Waals surface area contributed by atoms with Crippen LogP contribution in [0, 0.1) is 0 Å². The molecule has 0 bridgehead atoms. The molecule has 0 aliphatic carbocycles. The maximum atomic E-state index is 6.18. The molecule has 0 aromatic heterocycles. The lowest BCUT2D eigenvalue weighted by molar-refractivity contribution is 0.303. The van der Waals surface area contributed by atoms with Gasteiger partial charge in [0.25, 0.3) is 0 Å². The molecule has 0 saturated heterocycles. The van der Waals surface area contributed by atoms with E-state index in [1.807, 2.05) is 0 Å². The van der Waals surface area contributed by atoms with Crippen molar-refractivity contribution >= 4 is 75.9 Å². The monoisotopic (exact) mass is 942 g/mol. The van der Waals surface area contributed by atoms with E-state index in [2.05, 4.69) is 154 Å². The molecule has 0 N–H and O–H groups in total. The number of ether oxygens (including phenoxy) is 2. The zero-order valence-corrected chi connectivity index (χ0v) is 38.4. The molecule has 0 unspecified atom stereocenters. The second-order valence-corrected chi connectivity index (χ2v) is 21.5. The zero-order valence-electron chi connectivity index (χ0n) is 32.1. The van der Waals surface area contributed by atoms with E-state index in [4.69, 9.17) is 9.47 Å².